The lowest BCUT2D eigenvalue weighted by atomic mass is 10.3. The maximum Gasteiger partial charge on any atom is 0.264 e. The SMILES string of the molecule is COc1ccc(S(=O)(=O)N(CC(=O)Nc2ccc(F)c(F)c2)c2ccc(Cl)cc2)cc1. The Morgan fingerprint density at radius 2 is 1.65 bits per heavy atom. The number of halogens is 3. The Kier molecular flexibility index (Phi) is 6.77. The molecule has 0 saturated carbocycles. The fourth-order valence-corrected chi connectivity index (χ4v) is 4.25. The second kappa shape index (κ2) is 9.32. The average molecular weight is 467 g/mol. The molecule has 0 aliphatic carbocycles. The van der Waals surface area contributed by atoms with E-state index in [1.165, 1.54) is 61.7 Å². The summed E-state index contributed by atoms with van der Waals surface area (Å²) in [6, 6.07) is 14.4. The normalized spacial score (nSPS) is 11.1. The van der Waals surface area contributed by atoms with Crippen LogP contribution < -0.4 is 14.4 Å². The summed E-state index contributed by atoms with van der Waals surface area (Å²) in [6.45, 7) is -0.616. The van der Waals surface area contributed by atoms with Crippen LogP contribution in [0.3, 0.4) is 0 Å². The minimum absolute atomic E-state index is 0.0122. The zero-order valence-corrected chi connectivity index (χ0v) is 17.8. The van der Waals surface area contributed by atoms with Crippen LogP contribution in [-0.4, -0.2) is 28.0 Å². The number of amides is 1. The fourth-order valence-electron chi connectivity index (χ4n) is 2.70. The molecule has 1 amide bonds. The number of rotatable bonds is 7. The van der Waals surface area contributed by atoms with Crippen molar-refractivity contribution in [2.24, 2.45) is 0 Å². The van der Waals surface area contributed by atoms with Crippen molar-refractivity contribution in [3.8, 4) is 5.75 Å². The van der Waals surface area contributed by atoms with Gasteiger partial charge in [-0.2, -0.15) is 0 Å². The zero-order chi connectivity index (χ0) is 22.6. The van der Waals surface area contributed by atoms with Crippen LogP contribution >= 0.6 is 11.6 Å². The fraction of sp³-hybridized carbons (Fsp3) is 0.0952. The lowest BCUT2D eigenvalue weighted by Crippen LogP contribution is -2.38. The van der Waals surface area contributed by atoms with Gasteiger partial charge in [-0.1, -0.05) is 11.6 Å². The van der Waals surface area contributed by atoms with Gasteiger partial charge in [0.25, 0.3) is 10.0 Å². The molecular formula is C21H17ClF2N2O4S. The molecule has 0 bridgehead atoms. The number of hydrogen-bond donors (Lipinski definition) is 1. The largest absolute Gasteiger partial charge is 0.497 e. The molecule has 0 aromatic heterocycles. The molecule has 6 nitrogen and oxygen atoms in total. The molecular weight excluding hydrogens is 450 g/mol. The molecule has 0 saturated heterocycles. The van der Waals surface area contributed by atoms with Crippen molar-refractivity contribution < 1.29 is 26.7 Å². The molecule has 0 fully saturated rings. The molecule has 3 rings (SSSR count). The van der Waals surface area contributed by atoms with Crippen LogP contribution in [0.4, 0.5) is 20.2 Å². The van der Waals surface area contributed by atoms with Gasteiger partial charge in [-0.3, -0.25) is 9.10 Å². The first-order chi connectivity index (χ1) is 14.7. The number of carbonyl (C=O) groups is 1. The third-order valence-electron chi connectivity index (χ3n) is 4.25. The van der Waals surface area contributed by atoms with E-state index in [1.54, 1.807) is 0 Å². The van der Waals surface area contributed by atoms with E-state index < -0.39 is 34.1 Å². The van der Waals surface area contributed by atoms with E-state index in [0.717, 1.165) is 16.4 Å². The topological polar surface area (TPSA) is 75.7 Å². The van der Waals surface area contributed by atoms with Crippen molar-refractivity contribution >= 4 is 38.9 Å². The van der Waals surface area contributed by atoms with Crippen LogP contribution in [0, 0.1) is 11.6 Å². The van der Waals surface area contributed by atoms with Crippen LogP contribution in [-0.2, 0) is 14.8 Å². The molecule has 3 aromatic rings. The van der Waals surface area contributed by atoms with E-state index in [0.29, 0.717) is 10.8 Å². The van der Waals surface area contributed by atoms with Gasteiger partial charge < -0.3 is 10.1 Å². The van der Waals surface area contributed by atoms with E-state index >= 15 is 0 Å². The molecule has 0 radical (unpaired) electrons. The molecule has 1 N–H and O–H groups in total. The number of methoxy groups -OCH3 is 1. The maximum absolute atomic E-state index is 13.4. The Labute approximate surface area is 183 Å². The minimum Gasteiger partial charge on any atom is -0.497 e. The van der Waals surface area contributed by atoms with Crippen LogP contribution in [0.5, 0.6) is 5.75 Å². The first-order valence-corrected chi connectivity index (χ1v) is 10.7. The predicted molar refractivity (Wildman–Crippen MR) is 114 cm³/mol. The third kappa shape index (κ3) is 5.31. The molecule has 0 aliphatic rings. The highest BCUT2D eigenvalue weighted by Gasteiger charge is 2.27. The number of nitrogens with zero attached hydrogens (tertiary/aromatic N) is 1. The van der Waals surface area contributed by atoms with E-state index in [9.17, 15) is 22.0 Å². The van der Waals surface area contributed by atoms with E-state index in [1.807, 2.05) is 0 Å². The van der Waals surface area contributed by atoms with Crippen molar-refractivity contribution in [1.82, 2.24) is 0 Å². The summed E-state index contributed by atoms with van der Waals surface area (Å²) < 4.78 is 59.0. The molecule has 0 atom stereocenters. The molecule has 162 valence electrons. The van der Waals surface area contributed by atoms with E-state index in [2.05, 4.69) is 5.32 Å². The van der Waals surface area contributed by atoms with Gasteiger partial charge in [0.15, 0.2) is 11.6 Å². The minimum atomic E-state index is -4.15. The van der Waals surface area contributed by atoms with E-state index in [4.69, 9.17) is 16.3 Å². The number of sulfonamides is 1. The van der Waals surface area contributed by atoms with Crippen LogP contribution in [0.1, 0.15) is 0 Å². The first-order valence-electron chi connectivity index (χ1n) is 8.88. The summed E-state index contributed by atoms with van der Waals surface area (Å²) in [5.74, 6) is -2.49. The second-order valence-corrected chi connectivity index (χ2v) is 8.64. The Bertz CT molecular complexity index is 1190. The summed E-state index contributed by atoms with van der Waals surface area (Å²) in [7, 11) is -2.70. The summed E-state index contributed by atoms with van der Waals surface area (Å²) in [4.78, 5) is 12.5. The number of nitrogens with one attached hydrogen (secondary N) is 1. The van der Waals surface area contributed by atoms with Gasteiger partial charge >= 0.3 is 0 Å². The van der Waals surface area contributed by atoms with Gasteiger partial charge in [-0.05, 0) is 60.7 Å². The van der Waals surface area contributed by atoms with Crippen molar-refractivity contribution in [2.45, 2.75) is 4.90 Å². The number of benzene rings is 3. The first kappa shape index (κ1) is 22.5. The maximum atomic E-state index is 13.4. The highest BCUT2D eigenvalue weighted by molar-refractivity contribution is 7.92. The summed E-state index contributed by atoms with van der Waals surface area (Å²) in [5.41, 5.74) is 0.183. The van der Waals surface area contributed by atoms with Crippen LogP contribution in [0.15, 0.2) is 71.6 Å². The number of carbonyl (C=O) groups excluding carboxylic acids is 1. The van der Waals surface area contributed by atoms with Gasteiger partial charge in [0.2, 0.25) is 5.91 Å². The number of ether oxygens (including phenoxy) is 1. The summed E-state index contributed by atoms with van der Waals surface area (Å²) in [5, 5.41) is 2.75. The highest BCUT2D eigenvalue weighted by Crippen LogP contribution is 2.26. The van der Waals surface area contributed by atoms with E-state index in [-0.39, 0.29) is 16.3 Å². The molecule has 31 heavy (non-hydrogen) atoms. The van der Waals surface area contributed by atoms with Gasteiger partial charge in [0.05, 0.1) is 17.7 Å². The smallest absolute Gasteiger partial charge is 0.264 e. The average Bonchev–Trinajstić information content (AvgIpc) is 2.75. The Morgan fingerprint density at radius 3 is 2.23 bits per heavy atom. The molecule has 0 spiro atoms. The molecule has 0 heterocycles. The Hall–Kier alpha value is -3.17. The van der Waals surface area contributed by atoms with Gasteiger partial charge in [-0.15, -0.1) is 0 Å². The molecule has 3 aromatic carbocycles. The van der Waals surface area contributed by atoms with Gasteiger partial charge in [-0.25, -0.2) is 17.2 Å². The number of hydrogen-bond acceptors (Lipinski definition) is 4. The monoisotopic (exact) mass is 466 g/mol. The van der Waals surface area contributed by atoms with Crippen molar-refractivity contribution in [2.75, 3.05) is 23.3 Å². The lowest BCUT2D eigenvalue weighted by molar-refractivity contribution is -0.114. The van der Waals surface area contributed by atoms with Crippen molar-refractivity contribution in [3.63, 3.8) is 0 Å². The Balaban J connectivity index is 1.92. The summed E-state index contributed by atoms with van der Waals surface area (Å²) >= 11 is 5.89. The van der Waals surface area contributed by atoms with Crippen molar-refractivity contribution in [1.29, 1.82) is 0 Å². The zero-order valence-electron chi connectivity index (χ0n) is 16.2. The van der Waals surface area contributed by atoms with Gasteiger partial charge in [0.1, 0.15) is 12.3 Å². The lowest BCUT2D eigenvalue weighted by Gasteiger charge is -2.24. The predicted octanol–water partition coefficient (Wildman–Crippen LogP) is 4.46. The standard InChI is InChI=1S/C21H17ClF2N2O4S/c1-30-17-7-9-18(10-8-17)31(28,29)26(16-5-2-14(22)3-6-16)13-21(27)25-15-4-11-19(23)20(24)12-15/h2-12H,13H2,1H3,(H,25,27). The molecule has 0 aliphatic heterocycles. The highest BCUT2D eigenvalue weighted by atomic mass is 35.5. The third-order valence-corrected chi connectivity index (χ3v) is 6.29. The Morgan fingerprint density at radius 1 is 1.00 bits per heavy atom. The quantitative estimate of drug-likeness (QED) is 0.557. The van der Waals surface area contributed by atoms with Gasteiger partial charge in [0, 0.05) is 16.8 Å². The summed E-state index contributed by atoms with van der Waals surface area (Å²) in [6.07, 6.45) is 0. The van der Waals surface area contributed by atoms with Crippen molar-refractivity contribution in [3.05, 3.63) is 83.4 Å². The van der Waals surface area contributed by atoms with Crippen LogP contribution in [0.2, 0.25) is 5.02 Å². The molecule has 10 heteroatoms. The molecule has 0 unspecified atom stereocenters. The van der Waals surface area contributed by atoms with Crippen LogP contribution in [0.25, 0.3) is 0 Å². The number of anilines is 2. The second-order valence-electron chi connectivity index (χ2n) is 6.34.